The van der Waals surface area contributed by atoms with Gasteiger partial charge in [0, 0.05) is 0 Å². The van der Waals surface area contributed by atoms with Crippen LogP contribution in [-0.4, -0.2) is 26.8 Å². The summed E-state index contributed by atoms with van der Waals surface area (Å²) in [6.45, 7) is 0. The second-order valence-electron chi connectivity index (χ2n) is 4.22. The van der Waals surface area contributed by atoms with Crippen LogP contribution in [0.3, 0.4) is 0 Å². The van der Waals surface area contributed by atoms with Crippen LogP contribution in [0.1, 0.15) is 5.56 Å². The summed E-state index contributed by atoms with van der Waals surface area (Å²) in [5, 5.41) is 13.4. The molecule has 8 heteroatoms. The number of phenols is 1. The number of nitrogens with zero attached hydrogens (tertiary/aromatic N) is 1. The largest absolute Gasteiger partial charge is 0.503 e. The van der Waals surface area contributed by atoms with Gasteiger partial charge in [-0.15, -0.1) is 0 Å². The van der Waals surface area contributed by atoms with Crippen molar-refractivity contribution >= 4 is 32.2 Å². The zero-order valence-electron chi connectivity index (χ0n) is 11.5. The number of sulfonamides is 1. The van der Waals surface area contributed by atoms with Crippen molar-refractivity contribution in [1.29, 1.82) is 0 Å². The first-order valence-corrected chi connectivity index (χ1v) is 8.38. The van der Waals surface area contributed by atoms with E-state index in [2.05, 4.69) is 25.9 Å². The summed E-state index contributed by atoms with van der Waals surface area (Å²) in [7, 11) is -2.29. The fourth-order valence-electron chi connectivity index (χ4n) is 1.65. The van der Waals surface area contributed by atoms with Crippen LogP contribution in [0.2, 0.25) is 0 Å². The van der Waals surface area contributed by atoms with Gasteiger partial charge in [0.05, 0.1) is 22.7 Å². The van der Waals surface area contributed by atoms with Gasteiger partial charge in [-0.25, -0.2) is 4.83 Å². The van der Waals surface area contributed by atoms with Gasteiger partial charge >= 0.3 is 0 Å². The maximum Gasteiger partial charge on any atom is 0.276 e. The van der Waals surface area contributed by atoms with Crippen molar-refractivity contribution in [2.45, 2.75) is 4.90 Å². The number of hydrazone groups is 1. The Kier molecular flexibility index (Phi) is 5.04. The van der Waals surface area contributed by atoms with Crippen molar-refractivity contribution in [3.63, 3.8) is 0 Å². The molecule has 0 atom stereocenters. The van der Waals surface area contributed by atoms with Gasteiger partial charge < -0.3 is 9.84 Å². The van der Waals surface area contributed by atoms with Crippen molar-refractivity contribution in [3.05, 3.63) is 52.5 Å². The molecule has 2 aromatic rings. The van der Waals surface area contributed by atoms with E-state index in [-0.39, 0.29) is 16.4 Å². The highest BCUT2D eigenvalue weighted by atomic mass is 79.9. The molecule has 2 N–H and O–H groups in total. The van der Waals surface area contributed by atoms with E-state index in [0.29, 0.717) is 10.0 Å². The van der Waals surface area contributed by atoms with Crippen LogP contribution in [-0.2, 0) is 10.0 Å². The quantitative estimate of drug-likeness (QED) is 0.612. The molecule has 116 valence electrons. The molecule has 0 fully saturated rings. The monoisotopic (exact) mass is 384 g/mol. The van der Waals surface area contributed by atoms with Crippen LogP contribution in [0.4, 0.5) is 0 Å². The minimum absolute atomic E-state index is 0.0375. The van der Waals surface area contributed by atoms with Crippen LogP contribution in [0.15, 0.2) is 56.9 Å². The van der Waals surface area contributed by atoms with Crippen LogP contribution in [0.5, 0.6) is 11.5 Å². The molecule has 0 bridgehead atoms. The van der Waals surface area contributed by atoms with Gasteiger partial charge in [0.15, 0.2) is 11.5 Å². The molecule has 0 saturated heterocycles. The zero-order chi connectivity index (χ0) is 16.2. The van der Waals surface area contributed by atoms with E-state index in [1.807, 2.05) is 0 Å². The summed E-state index contributed by atoms with van der Waals surface area (Å²) in [6.07, 6.45) is 1.31. The Bertz CT molecular complexity index is 792. The molecule has 2 rings (SSSR count). The Morgan fingerprint density at radius 1 is 1.27 bits per heavy atom. The predicted octanol–water partition coefficient (Wildman–Crippen LogP) is 2.48. The lowest BCUT2D eigenvalue weighted by atomic mass is 10.2. The molecular formula is C14H13BrN2O4S. The number of benzene rings is 2. The summed E-state index contributed by atoms with van der Waals surface area (Å²) in [6, 6.07) is 11.0. The Balaban J connectivity index is 2.18. The number of aromatic hydroxyl groups is 1. The summed E-state index contributed by atoms with van der Waals surface area (Å²) in [5.41, 5.74) is 0.553. The molecule has 0 saturated carbocycles. The van der Waals surface area contributed by atoms with Crippen LogP contribution < -0.4 is 9.57 Å². The van der Waals surface area contributed by atoms with Gasteiger partial charge in [0.25, 0.3) is 10.0 Å². The van der Waals surface area contributed by atoms with E-state index in [0.717, 1.165) is 0 Å². The lowest BCUT2D eigenvalue weighted by molar-refractivity contribution is 0.372. The number of phenolic OH excluding ortho intramolecular Hbond substituents is 1. The highest BCUT2D eigenvalue weighted by Crippen LogP contribution is 2.34. The number of ether oxygens (including phenoxy) is 1. The molecule has 6 nitrogen and oxygen atoms in total. The smallest absolute Gasteiger partial charge is 0.276 e. The minimum atomic E-state index is -3.70. The van der Waals surface area contributed by atoms with Crippen LogP contribution in [0.25, 0.3) is 0 Å². The predicted molar refractivity (Wildman–Crippen MR) is 86.7 cm³/mol. The van der Waals surface area contributed by atoms with E-state index in [9.17, 15) is 13.5 Å². The van der Waals surface area contributed by atoms with Crippen molar-refractivity contribution in [2.75, 3.05) is 7.11 Å². The van der Waals surface area contributed by atoms with E-state index in [1.165, 1.54) is 31.5 Å². The fourth-order valence-corrected chi connectivity index (χ4v) is 2.92. The summed E-state index contributed by atoms with van der Waals surface area (Å²) in [4.78, 5) is 2.24. The van der Waals surface area contributed by atoms with Crippen LogP contribution >= 0.6 is 15.9 Å². The maximum absolute atomic E-state index is 12.0. The number of hydrogen-bond acceptors (Lipinski definition) is 5. The molecule has 0 spiro atoms. The highest BCUT2D eigenvalue weighted by Gasteiger charge is 2.11. The Morgan fingerprint density at radius 3 is 2.59 bits per heavy atom. The van der Waals surface area contributed by atoms with Gasteiger partial charge in [-0.2, -0.15) is 13.5 Å². The number of methoxy groups -OCH3 is 1. The first-order chi connectivity index (χ1) is 10.4. The van der Waals surface area contributed by atoms with Crippen molar-refractivity contribution in [3.8, 4) is 11.5 Å². The molecule has 0 aliphatic rings. The third-order valence-corrected chi connectivity index (χ3v) is 4.55. The normalized spacial score (nSPS) is 11.5. The van der Waals surface area contributed by atoms with E-state index in [4.69, 9.17) is 4.74 Å². The third kappa shape index (κ3) is 3.77. The third-order valence-electron chi connectivity index (χ3n) is 2.71. The first kappa shape index (κ1) is 16.3. The number of hydrogen-bond donors (Lipinski definition) is 2. The topological polar surface area (TPSA) is 88.0 Å². The van der Waals surface area contributed by atoms with Crippen molar-refractivity contribution in [2.24, 2.45) is 5.10 Å². The minimum Gasteiger partial charge on any atom is -0.503 e. The van der Waals surface area contributed by atoms with E-state index in [1.54, 1.807) is 24.3 Å². The standard InChI is InChI=1S/C14H13BrN2O4S/c1-21-13-8-10(7-12(15)14(13)18)9-16-17-22(19,20)11-5-3-2-4-6-11/h2-9,17-18H,1H3/b16-9-. The average Bonchev–Trinajstić information content (AvgIpc) is 2.51. The summed E-state index contributed by atoms with van der Waals surface area (Å²) in [5.74, 6) is 0.214. The zero-order valence-corrected chi connectivity index (χ0v) is 13.9. The lowest BCUT2D eigenvalue weighted by Crippen LogP contribution is -2.18. The Morgan fingerprint density at radius 2 is 1.95 bits per heavy atom. The number of nitrogens with one attached hydrogen (secondary N) is 1. The summed E-state index contributed by atoms with van der Waals surface area (Å²) >= 11 is 3.18. The first-order valence-electron chi connectivity index (χ1n) is 6.10. The van der Waals surface area contributed by atoms with Gasteiger partial charge in [0.1, 0.15) is 0 Å². The number of rotatable bonds is 5. The molecule has 0 aromatic heterocycles. The molecule has 2 aromatic carbocycles. The second kappa shape index (κ2) is 6.80. The van der Waals surface area contributed by atoms with E-state index >= 15 is 0 Å². The fraction of sp³-hybridized carbons (Fsp3) is 0.0714. The Hall–Kier alpha value is -2.06. The van der Waals surface area contributed by atoms with Gasteiger partial charge in [-0.3, -0.25) is 0 Å². The molecule has 0 unspecified atom stereocenters. The van der Waals surface area contributed by atoms with Crippen molar-refractivity contribution in [1.82, 2.24) is 4.83 Å². The van der Waals surface area contributed by atoms with Gasteiger partial charge in [-0.1, -0.05) is 18.2 Å². The maximum atomic E-state index is 12.0. The highest BCUT2D eigenvalue weighted by molar-refractivity contribution is 9.10. The van der Waals surface area contributed by atoms with Gasteiger partial charge in [-0.05, 0) is 45.8 Å². The Labute approximate surface area is 136 Å². The number of halogens is 1. The second-order valence-corrected chi connectivity index (χ2v) is 6.73. The molecule has 0 amide bonds. The van der Waals surface area contributed by atoms with Gasteiger partial charge in [0.2, 0.25) is 0 Å². The molecule has 22 heavy (non-hydrogen) atoms. The van der Waals surface area contributed by atoms with E-state index < -0.39 is 10.0 Å². The van der Waals surface area contributed by atoms with Crippen LogP contribution in [0, 0.1) is 0 Å². The molecular weight excluding hydrogens is 372 g/mol. The molecule has 0 heterocycles. The van der Waals surface area contributed by atoms with Crippen molar-refractivity contribution < 1.29 is 18.3 Å². The molecule has 0 aliphatic heterocycles. The average molecular weight is 385 g/mol. The molecule has 0 radical (unpaired) electrons. The SMILES string of the molecule is COc1cc(/C=N\NS(=O)(=O)c2ccccc2)cc(Br)c1O. The summed E-state index contributed by atoms with van der Waals surface area (Å²) < 4.78 is 29.4. The lowest BCUT2D eigenvalue weighted by Gasteiger charge is -2.06. The molecule has 0 aliphatic carbocycles.